The zero-order chi connectivity index (χ0) is 31.8. The van der Waals surface area contributed by atoms with Gasteiger partial charge in [-0.1, -0.05) is 12.1 Å². The van der Waals surface area contributed by atoms with Gasteiger partial charge in [0.15, 0.2) is 5.54 Å². The van der Waals surface area contributed by atoms with E-state index >= 15 is 8.78 Å². The molecular formula is C29H26F6N6O3. The summed E-state index contributed by atoms with van der Waals surface area (Å²) in [5.74, 6) is -3.72. The molecule has 2 saturated heterocycles. The van der Waals surface area contributed by atoms with Gasteiger partial charge in [-0.15, -0.1) is 0 Å². The summed E-state index contributed by atoms with van der Waals surface area (Å²) in [5.41, 5.74) is -4.30. The van der Waals surface area contributed by atoms with Crippen molar-refractivity contribution in [1.82, 2.24) is 29.8 Å². The molecule has 1 aliphatic carbocycles. The molecule has 3 aromatic rings. The molecule has 0 unspecified atom stereocenters. The van der Waals surface area contributed by atoms with Crippen LogP contribution in [-0.2, 0) is 28.7 Å². The van der Waals surface area contributed by atoms with Crippen LogP contribution in [0.15, 0.2) is 48.8 Å². The number of urea groups is 1. The smallest absolute Gasteiger partial charge is 0.320 e. The number of nitrogens with zero attached hydrogens (tertiary/aromatic N) is 5. The molecule has 1 aromatic heterocycles. The predicted octanol–water partition coefficient (Wildman–Crippen LogP) is 3.80. The Morgan fingerprint density at radius 2 is 1.80 bits per heavy atom. The number of carbonyl (C=O) groups is 3. The molecule has 3 heterocycles. The summed E-state index contributed by atoms with van der Waals surface area (Å²) in [6, 6.07) is 5.59. The maximum atomic E-state index is 15.4. The molecule has 4 amide bonds. The summed E-state index contributed by atoms with van der Waals surface area (Å²) in [7, 11) is 3.06. The Morgan fingerprint density at radius 3 is 2.39 bits per heavy atom. The normalized spacial score (nSPS) is 22.7. The summed E-state index contributed by atoms with van der Waals surface area (Å²) < 4.78 is 89.1. The average molecular weight is 621 g/mol. The van der Waals surface area contributed by atoms with Gasteiger partial charge in [0.2, 0.25) is 5.91 Å². The van der Waals surface area contributed by atoms with Gasteiger partial charge in [0.1, 0.15) is 29.9 Å². The van der Waals surface area contributed by atoms with E-state index in [2.05, 4.69) is 10.4 Å². The van der Waals surface area contributed by atoms with Gasteiger partial charge in [-0.05, 0) is 48.0 Å². The minimum absolute atomic E-state index is 0.0275. The number of aromatic nitrogens is 2. The third kappa shape index (κ3) is 4.52. The molecule has 6 rings (SSSR count). The number of amides is 4. The number of likely N-dealkylation sites (tertiary alicyclic amines) is 1. The lowest BCUT2D eigenvalue weighted by atomic mass is 9.86. The maximum absolute atomic E-state index is 15.4. The van der Waals surface area contributed by atoms with Crippen LogP contribution in [0.5, 0.6) is 0 Å². The Balaban J connectivity index is 1.32. The molecule has 0 saturated carbocycles. The number of halogens is 6. The Bertz CT molecular complexity index is 1670. The van der Waals surface area contributed by atoms with Gasteiger partial charge in [0.25, 0.3) is 5.91 Å². The van der Waals surface area contributed by atoms with E-state index in [9.17, 15) is 31.9 Å². The highest BCUT2D eigenvalue weighted by molar-refractivity contribution is 6.10. The molecule has 232 valence electrons. The zero-order valence-corrected chi connectivity index (χ0v) is 23.5. The number of imide groups is 1. The van der Waals surface area contributed by atoms with Gasteiger partial charge in [-0.25, -0.2) is 18.0 Å². The topological polar surface area (TPSA) is 90.8 Å². The lowest BCUT2D eigenvalue weighted by Gasteiger charge is -2.55. The van der Waals surface area contributed by atoms with Crippen LogP contribution < -0.4 is 5.32 Å². The van der Waals surface area contributed by atoms with E-state index in [0.717, 1.165) is 18.2 Å². The van der Waals surface area contributed by atoms with E-state index in [1.54, 1.807) is 7.05 Å². The fourth-order valence-corrected chi connectivity index (χ4v) is 6.40. The largest absolute Gasteiger partial charge is 0.414 e. The monoisotopic (exact) mass is 620 g/mol. The molecule has 1 spiro atoms. The number of aryl methyl sites for hydroxylation is 1. The van der Waals surface area contributed by atoms with Crippen LogP contribution in [0, 0.1) is 11.6 Å². The maximum Gasteiger partial charge on any atom is 0.414 e. The Labute approximate surface area is 247 Å². The lowest BCUT2D eigenvalue weighted by molar-refractivity contribution is -0.268. The van der Waals surface area contributed by atoms with Crippen molar-refractivity contribution in [2.24, 2.45) is 7.05 Å². The van der Waals surface area contributed by atoms with Crippen LogP contribution >= 0.6 is 0 Å². The second kappa shape index (κ2) is 10.1. The van der Waals surface area contributed by atoms with Crippen molar-refractivity contribution in [2.75, 3.05) is 26.7 Å². The van der Waals surface area contributed by atoms with E-state index in [1.807, 2.05) is 0 Å². The number of nitrogens with one attached hydrogen (secondary N) is 1. The predicted molar refractivity (Wildman–Crippen MR) is 142 cm³/mol. The van der Waals surface area contributed by atoms with Gasteiger partial charge >= 0.3 is 12.2 Å². The van der Waals surface area contributed by atoms with Gasteiger partial charge < -0.3 is 15.1 Å². The van der Waals surface area contributed by atoms with E-state index in [1.165, 1.54) is 47.2 Å². The number of hydrogen-bond donors (Lipinski definition) is 1. The van der Waals surface area contributed by atoms with Crippen molar-refractivity contribution in [1.29, 1.82) is 0 Å². The van der Waals surface area contributed by atoms with Gasteiger partial charge in [0, 0.05) is 50.4 Å². The average Bonchev–Trinajstić information content (AvgIpc) is 3.55. The van der Waals surface area contributed by atoms with Crippen LogP contribution in [-0.4, -0.2) is 80.7 Å². The van der Waals surface area contributed by atoms with E-state index in [0.29, 0.717) is 15.4 Å². The SMILES string of the molecule is CN1CC(N(Cc2ccc(F)cc2)C(=O)CN2C(=O)N[C@]3(C[C@@H](F)c4cc(-c5cnn(C)c5)c(F)cc43)C2=O)(C(F)(F)F)C1. The van der Waals surface area contributed by atoms with Crippen LogP contribution in [0.4, 0.5) is 31.1 Å². The number of fused-ring (bicyclic) bond motifs is 2. The minimum atomic E-state index is -4.89. The van der Waals surface area contributed by atoms with E-state index < -0.39 is 85.5 Å². The van der Waals surface area contributed by atoms with Crippen LogP contribution in [0.2, 0.25) is 0 Å². The third-order valence-corrected chi connectivity index (χ3v) is 8.57. The van der Waals surface area contributed by atoms with Crippen LogP contribution in [0.25, 0.3) is 11.1 Å². The molecule has 0 bridgehead atoms. The first-order valence-electron chi connectivity index (χ1n) is 13.6. The minimum Gasteiger partial charge on any atom is -0.320 e. The summed E-state index contributed by atoms with van der Waals surface area (Å²) >= 11 is 0. The molecule has 15 heteroatoms. The molecular weight excluding hydrogens is 594 g/mol. The van der Waals surface area contributed by atoms with Crippen molar-refractivity contribution in [3.05, 3.63) is 77.1 Å². The number of carbonyl (C=O) groups excluding carboxylic acids is 3. The van der Waals surface area contributed by atoms with Gasteiger partial charge in [-0.3, -0.25) is 19.2 Å². The molecule has 9 nitrogen and oxygen atoms in total. The molecule has 44 heavy (non-hydrogen) atoms. The number of benzene rings is 2. The van der Waals surface area contributed by atoms with Crippen molar-refractivity contribution in [2.45, 2.75) is 36.4 Å². The van der Waals surface area contributed by atoms with Gasteiger partial charge in [-0.2, -0.15) is 18.3 Å². The summed E-state index contributed by atoms with van der Waals surface area (Å²) in [4.78, 5) is 42.8. The Hall–Kier alpha value is -4.40. The first-order valence-corrected chi connectivity index (χ1v) is 13.6. The molecule has 3 aliphatic rings. The third-order valence-electron chi connectivity index (χ3n) is 8.57. The molecule has 1 N–H and O–H groups in total. The summed E-state index contributed by atoms with van der Waals surface area (Å²) in [6.45, 7) is -2.80. The fourth-order valence-electron chi connectivity index (χ4n) is 6.40. The molecule has 2 fully saturated rings. The van der Waals surface area contributed by atoms with Crippen molar-refractivity contribution in [3.8, 4) is 11.1 Å². The molecule has 2 atom stereocenters. The quantitative estimate of drug-likeness (QED) is 0.335. The number of likely N-dealkylation sites (N-methyl/N-ethyl adjacent to an activating group) is 1. The molecule has 0 radical (unpaired) electrons. The van der Waals surface area contributed by atoms with Crippen LogP contribution in [0.1, 0.15) is 29.3 Å². The Morgan fingerprint density at radius 1 is 1.11 bits per heavy atom. The summed E-state index contributed by atoms with van der Waals surface area (Å²) in [6.07, 6.45) is -4.38. The standard InChI is InChI=1S/C29H26F6N6O3/c1-38-14-27(15-38,29(33,34)35)41(11-16-3-5-18(30)6-4-16)24(42)13-40-25(43)28(37-26(40)44)9-23(32)20-7-19(22(31)8-21(20)28)17-10-36-39(2)12-17/h3-8,10,12,23H,9,11,13-15H2,1-2H3,(H,37,44)/t23-,28+/m1/s1. The van der Waals surface area contributed by atoms with E-state index in [-0.39, 0.29) is 22.3 Å². The zero-order valence-electron chi connectivity index (χ0n) is 23.5. The summed E-state index contributed by atoms with van der Waals surface area (Å²) in [5, 5.41) is 6.36. The second-order valence-electron chi connectivity index (χ2n) is 11.5. The number of alkyl halides is 4. The number of hydrogen-bond acceptors (Lipinski definition) is 5. The highest BCUT2D eigenvalue weighted by Gasteiger charge is 2.66. The lowest BCUT2D eigenvalue weighted by Crippen LogP contribution is -2.77. The second-order valence-corrected chi connectivity index (χ2v) is 11.5. The van der Waals surface area contributed by atoms with Crippen molar-refractivity contribution in [3.63, 3.8) is 0 Å². The highest BCUT2D eigenvalue weighted by atomic mass is 19.4. The first-order chi connectivity index (χ1) is 20.6. The number of rotatable bonds is 6. The van der Waals surface area contributed by atoms with Crippen molar-refractivity contribution >= 4 is 17.8 Å². The van der Waals surface area contributed by atoms with Crippen molar-refractivity contribution < 1.29 is 40.7 Å². The van der Waals surface area contributed by atoms with E-state index in [4.69, 9.17) is 0 Å². The molecule has 2 aromatic carbocycles. The van der Waals surface area contributed by atoms with Crippen LogP contribution in [0.3, 0.4) is 0 Å². The molecule has 2 aliphatic heterocycles. The first kappa shape index (κ1) is 29.7. The fraction of sp³-hybridized carbons (Fsp3) is 0.379. The van der Waals surface area contributed by atoms with Gasteiger partial charge in [0.05, 0.1) is 6.20 Å². The Kier molecular flexibility index (Phi) is 6.79. The highest BCUT2D eigenvalue weighted by Crippen LogP contribution is 2.50.